The van der Waals surface area contributed by atoms with E-state index in [0.29, 0.717) is 78.3 Å². The smallest absolute Gasteiger partial charge is 0.281 e. The Balaban J connectivity index is 1.51. The summed E-state index contributed by atoms with van der Waals surface area (Å²) in [5.74, 6) is -0.254. The molecule has 15 nitrogen and oxygen atoms in total. The first-order valence-electron chi connectivity index (χ1n) is 14.3. The largest absolute Gasteiger partial charge is 0.378 e. The molecule has 238 valence electrons. The Hall–Kier alpha value is -4.54. The summed E-state index contributed by atoms with van der Waals surface area (Å²) in [7, 11) is 1.73. The topological polar surface area (TPSA) is 176 Å². The minimum atomic E-state index is -2.94. The normalized spacial score (nSPS) is 15.1. The van der Waals surface area contributed by atoms with Gasteiger partial charge in [0.15, 0.2) is 5.82 Å². The summed E-state index contributed by atoms with van der Waals surface area (Å²) in [5, 5.41) is 2.63. The third-order valence-corrected chi connectivity index (χ3v) is 7.35. The van der Waals surface area contributed by atoms with Crippen LogP contribution in [-0.4, -0.2) is 126 Å². The van der Waals surface area contributed by atoms with Gasteiger partial charge in [0.2, 0.25) is 36.1 Å². The van der Waals surface area contributed by atoms with E-state index in [1.807, 2.05) is 9.80 Å². The summed E-state index contributed by atoms with van der Waals surface area (Å²) in [4.78, 5) is 63.6. The maximum Gasteiger partial charge on any atom is 0.281 e. The van der Waals surface area contributed by atoms with Crippen LogP contribution in [0.5, 0.6) is 0 Å². The molecule has 2 aliphatic rings. The molecule has 3 N–H and O–H groups in total. The molecule has 2 aliphatic heterocycles. The van der Waals surface area contributed by atoms with Gasteiger partial charge >= 0.3 is 0 Å². The van der Waals surface area contributed by atoms with E-state index in [0.717, 1.165) is 0 Å². The number of carbonyl (C=O) groups excluding carboxylic acids is 3. The highest BCUT2D eigenvalue weighted by Gasteiger charge is 2.36. The number of nitrogens with two attached hydrogens (primary N) is 1. The van der Waals surface area contributed by atoms with Crippen LogP contribution < -0.4 is 20.9 Å². The molecule has 0 saturated carbocycles. The van der Waals surface area contributed by atoms with Crippen molar-refractivity contribution >= 4 is 36.1 Å². The molecule has 2 saturated heterocycles. The number of nitrogens with zero attached hydrogens (tertiary/aromatic N) is 9. The van der Waals surface area contributed by atoms with E-state index in [9.17, 15) is 23.2 Å². The Morgan fingerprint density at radius 1 is 1.16 bits per heavy atom. The molecule has 4 heterocycles. The van der Waals surface area contributed by atoms with Crippen molar-refractivity contribution in [1.82, 2.24) is 40.0 Å². The van der Waals surface area contributed by atoms with Gasteiger partial charge < -0.3 is 35.4 Å². The number of carbonyl (C=O) groups is 3. The lowest BCUT2D eigenvalue weighted by atomic mass is 9.98. The van der Waals surface area contributed by atoms with Crippen LogP contribution in [0.15, 0.2) is 18.9 Å². The summed E-state index contributed by atoms with van der Waals surface area (Å²) in [6.45, 7) is 7.67. The number of alkyl halides is 2. The summed E-state index contributed by atoms with van der Waals surface area (Å²) in [6, 6.07) is 0. The van der Waals surface area contributed by atoms with Crippen LogP contribution in [0.4, 0.5) is 26.6 Å². The third kappa shape index (κ3) is 8.09. The minimum absolute atomic E-state index is 0.0250. The van der Waals surface area contributed by atoms with E-state index < -0.39 is 12.1 Å². The van der Waals surface area contributed by atoms with Gasteiger partial charge in [-0.05, 0) is 18.9 Å². The number of ether oxygens (including phenoxy) is 1. The maximum atomic E-state index is 13.9. The monoisotopic (exact) mass is 617 g/mol. The number of rotatable bonds is 15. The van der Waals surface area contributed by atoms with Gasteiger partial charge in [0.05, 0.1) is 24.7 Å². The zero-order valence-corrected chi connectivity index (χ0v) is 24.6. The molecule has 0 aliphatic carbocycles. The first-order chi connectivity index (χ1) is 21.2. The van der Waals surface area contributed by atoms with Gasteiger partial charge in [-0.1, -0.05) is 6.58 Å². The molecule has 0 atom stereocenters. The zero-order valence-electron chi connectivity index (χ0n) is 24.6. The summed E-state index contributed by atoms with van der Waals surface area (Å²) >= 11 is 0. The predicted octanol–water partition coefficient (Wildman–Crippen LogP) is 0.120. The zero-order chi connectivity index (χ0) is 31.6. The molecule has 4 rings (SSSR count). The molecule has 44 heavy (non-hydrogen) atoms. The van der Waals surface area contributed by atoms with E-state index in [1.54, 1.807) is 16.8 Å². The van der Waals surface area contributed by atoms with Crippen LogP contribution in [0, 0.1) is 5.92 Å². The number of nitrogens with one attached hydrogen (secondary N) is 1. The SMILES string of the molecule is C=CC(=O)N1CC(C(=O)N(C)CCCCN(CCNC=O)c2nc(-c3cnc(N)nc3C(F)F)nc(N3CCOCC3)n2)C1. The van der Waals surface area contributed by atoms with E-state index in [-0.39, 0.29) is 53.5 Å². The molecule has 2 fully saturated rings. The van der Waals surface area contributed by atoms with Crippen LogP contribution in [0.2, 0.25) is 0 Å². The van der Waals surface area contributed by atoms with Crippen molar-refractivity contribution < 1.29 is 27.9 Å². The van der Waals surface area contributed by atoms with Crippen molar-refractivity contribution in [1.29, 1.82) is 0 Å². The Labute approximate surface area is 253 Å². The molecule has 0 radical (unpaired) electrons. The molecule has 2 aromatic rings. The molecule has 0 spiro atoms. The molecule has 17 heteroatoms. The molecule has 0 unspecified atom stereocenters. The van der Waals surface area contributed by atoms with E-state index >= 15 is 0 Å². The van der Waals surface area contributed by atoms with Crippen molar-refractivity contribution in [2.45, 2.75) is 19.3 Å². The Kier molecular flexibility index (Phi) is 11.2. The molecule has 2 aromatic heterocycles. The fourth-order valence-electron chi connectivity index (χ4n) is 4.86. The number of aromatic nitrogens is 5. The van der Waals surface area contributed by atoms with Crippen molar-refractivity contribution in [2.24, 2.45) is 5.92 Å². The van der Waals surface area contributed by atoms with Crippen molar-refractivity contribution in [3.05, 3.63) is 24.5 Å². The van der Waals surface area contributed by atoms with Gasteiger partial charge in [-0.25, -0.2) is 18.7 Å². The van der Waals surface area contributed by atoms with Gasteiger partial charge in [-0.2, -0.15) is 15.0 Å². The Morgan fingerprint density at radius 2 is 1.89 bits per heavy atom. The molecular formula is C27H37F2N11O4. The Bertz CT molecular complexity index is 1320. The Morgan fingerprint density at radius 3 is 2.57 bits per heavy atom. The summed E-state index contributed by atoms with van der Waals surface area (Å²) in [6.07, 6.45) is 1.33. The van der Waals surface area contributed by atoms with Gasteiger partial charge in [0, 0.05) is 65.6 Å². The lowest BCUT2D eigenvalue weighted by molar-refractivity contribution is -0.145. The quantitative estimate of drug-likeness (QED) is 0.157. The van der Waals surface area contributed by atoms with Crippen molar-refractivity contribution in [3.8, 4) is 11.4 Å². The predicted molar refractivity (Wildman–Crippen MR) is 157 cm³/mol. The average Bonchev–Trinajstić information content (AvgIpc) is 3.01. The van der Waals surface area contributed by atoms with Gasteiger partial charge in [0.25, 0.3) is 6.43 Å². The minimum Gasteiger partial charge on any atom is -0.378 e. The lowest BCUT2D eigenvalue weighted by Gasteiger charge is -2.39. The summed E-state index contributed by atoms with van der Waals surface area (Å²) in [5.41, 5.74) is 4.92. The summed E-state index contributed by atoms with van der Waals surface area (Å²) < 4.78 is 33.3. The van der Waals surface area contributed by atoms with E-state index in [2.05, 4.69) is 36.8 Å². The molecule has 3 amide bonds. The van der Waals surface area contributed by atoms with Crippen LogP contribution in [0.3, 0.4) is 0 Å². The van der Waals surface area contributed by atoms with Gasteiger partial charge in [0.1, 0.15) is 5.69 Å². The number of halogens is 2. The van der Waals surface area contributed by atoms with Crippen molar-refractivity contribution in [2.75, 3.05) is 88.2 Å². The highest BCUT2D eigenvalue weighted by molar-refractivity contribution is 5.90. The van der Waals surface area contributed by atoms with Crippen LogP contribution >= 0.6 is 0 Å². The first-order valence-corrected chi connectivity index (χ1v) is 14.3. The molecule has 0 bridgehead atoms. The number of morpholine rings is 1. The average molecular weight is 618 g/mol. The molecular weight excluding hydrogens is 580 g/mol. The number of likely N-dealkylation sites (tertiary alicyclic amines) is 1. The van der Waals surface area contributed by atoms with Gasteiger partial charge in [-0.15, -0.1) is 0 Å². The molecule has 0 aromatic carbocycles. The highest BCUT2D eigenvalue weighted by Crippen LogP contribution is 2.30. The van der Waals surface area contributed by atoms with Crippen LogP contribution in [-0.2, 0) is 19.1 Å². The maximum absolute atomic E-state index is 13.9. The standard InChI is InChI=1S/C27H37F2N11O4/c1-3-20(42)40-15-18(16-40)24(43)37(2)7-4-5-8-38(9-6-31-17-41)26-34-23(19-14-32-25(30)33-21(19)22(28)29)35-27(36-26)39-10-12-44-13-11-39/h3,14,17-18,22H,1,4-13,15-16H2,2H3,(H,31,41)(H2,30,32,33). The van der Waals surface area contributed by atoms with E-state index in [4.69, 9.17) is 10.5 Å². The number of hydrogen-bond acceptors (Lipinski definition) is 12. The number of hydrogen-bond donors (Lipinski definition) is 2. The highest BCUT2D eigenvalue weighted by atomic mass is 19.3. The number of unbranched alkanes of at least 4 members (excludes halogenated alkanes) is 1. The number of amides is 3. The van der Waals surface area contributed by atoms with Crippen LogP contribution in [0.25, 0.3) is 11.4 Å². The number of nitrogen functional groups attached to an aromatic ring is 1. The number of anilines is 3. The first kappa shape index (κ1) is 32.4. The fraction of sp³-hybridized carbons (Fsp3) is 0.556. The second-order valence-corrected chi connectivity index (χ2v) is 10.4. The second kappa shape index (κ2) is 15.3. The lowest BCUT2D eigenvalue weighted by Crippen LogP contribution is -2.55. The van der Waals surface area contributed by atoms with Crippen LogP contribution in [0.1, 0.15) is 25.0 Å². The van der Waals surface area contributed by atoms with Gasteiger partial charge in [-0.3, -0.25) is 14.4 Å². The fourth-order valence-corrected chi connectivity index (χ4v) is 4.86. The van der Waals surface area contributed by atoms with Crippen molar-refractivity contribution in [3.63, 3.8) is 0 Å². The third-order valence-electron chi connectivity index (χ3n) is 7.35. The van der Waals surface area contributed by atoms with E-state index in [1.165, 1.54) is 12.3 Å². The second-order valence-electron chi connectivity index (χ2n) is 10.4.